The minimum Gasteiger partial charge on any atom is -0.292 e. The molecule has 78 valence electrons. The zero-order valence-corrected chi connectivity index (χ0v) is 9.34. The molecule has 14 heavy (non-hydrogen) atoms. The van der Waals surface area contributed by atoms with E-state index in [1.165, 1.54) is 6.42 Å². The van der Waals surface area contributed by atoms with Gasteiger partial charge in [0.2, 0.25) is 5.95 Å². The highest BCUT2D eigenvalue weighted by atomic mass is 32.2. The lowest BCUT2D eigenvalue weighted by Crippen LogP contribution is -2.10. The summed E-state index contributed by atoms with van der Waals surface area (Å²) in [5, 5.41) is 0.966. The summed E-state index contributed by atoms with van der Waals surface area (Å²) in [5.74, 6) is 7.48. The Balaban J connectivity index is 2.50. The molecular weight excluding hydrogens is 196 g/mol. The molecule has 0 radical (unpaired) electrons. The van der Waals surface area contributed by atoms with Crippen LogP contribution in [0.15, 0.2) is 17.3 Å². The van der Waals surface area contributed by atoms with Crippen LogP contribution < -0.4 is 11.3 Å². The van der Waals surface area contributed by atoms with Gasteiger partial charge in [-0.1, -0.05) is 20.3 Å². The number of nitrogens with zero attached hydrogens (tertiary/aromatic N) is 2. The van der Waals surface area contributed by atoms with Crippen LogP contribution in [0.1, 0.15) is 20.3 Å². The second kappa shape index (κ2) is 5.82. The Hall–Kier alpha value is -0.810. The molecule has 0 spiro atoms. The number of hydrogen-bond acceptors (Lipinski definition) is 5. The molecule has 1 atom stereocenters. The molecule has 0 aromatic carbocycles. The lowest BCUT2D eigenvalue weighted by molar-refractivity contribution is 0.636. The van der Waals surface area contributed by atoms with Crippen molar-refractivity contribution in [3.05, 3.63) is 12.3 Å². The molecule has 0 amide bonds. The van der Waals surface area contributed by atoms with Crippen LogP contribution in [0, 0.1) is 5.92 Å². The highest BCUT2D eigenvalue weighted by Crippen LogP contribution is 2.19. The van der Waals surface area contributed by atoms with E-state index >= 15 is 0 Å². The van der Waals surface area contributed by atoms with Crippen molar-refractivity contribution in [2.24, 2.45) is 11.8 Å². The fourth-order valence-corrected chi connectivity index (χ4v) is 1.84. The maximum atomic E-state index is 5.22. The Morgan fingerprint density at radius 1 is 1.64 bits per heavy atom. The van der Waals surface area contributed by atoms with Crippen LogP contribution >= 0.6 is 11.8 Å². The number of nitrogens with one attached hydrogen (secondary N) is 1. The third-order valence-corrected chi connectivity index (χ3v) is 3.23. The highest BCUT2D eigenvalue weighted by Gasteiger charge is 2.02. The summed E-state index contributed by atoms with van der Waals surface area (Å²) in [5.41, 5.74) is 2.43. The summed E-state index contributed by atoms with van der Waals surface area (Å²) in [6.07, 6.45) is 2.90. The minimum absolute atomic E-state index is 0.471. The average molecular weight is 212 g/mol. The molecule has 0 saturated heterocycles. The van der Waals surface area contributed by atoms with E-state index in [0.29, 0.717) is 11.9 Å². The highest BCUT2D eigenvalue weighted by molar-refractivity contribution is 7.99. The maximum absolute atomic E-state index is 5.22. The van der Waals surface area contributed by atoms with E-state index in [9.17, 15) is 0 Å². The third-order valence-electron chi connectivity index (χ3n) is 1.97. The molecule has 0 fully saturated rings. The molecule has 0 aliphatic rings. The van der Waals surface area contributed by atoms with E-state index in [2.05, 4.69) is 29.2 Å². The number of thioether (sulfide) groups is 1. The molecule has 1 heterocycles. The van der Waals surface area contributed by atoms with Gasteiger partial charge < -0.3 is 0 Å². The van der Waals surface area contributed by atoms with E-state index in [1.54, 1.807) is 18.0 Å². The third kappa shape index (κ3) is 3.51. The molecule has 5 heteroatoms. The smallest absolute Gasteiger partial charge is 0.238 e. The Bertz CT molecular complexity index is 279. The summed E-state index contributed by atoms with van der Waals surface area (Å²) in [7, 11) is 0. The first kappa shape index (κ1) is 11.3. The molecular formula is C9H16N4S. The molecule has 1 aromatic heterocycles. The van der Waals surface area contributed by atoms with Crippen LogP contribution in [0.2, 0.25) is 0 Å². The Morgan fingerprint density at radius 3 is 3.07 bits per heavy atom. The van der Waals surface area contributed by atoms with E-state index in [0.717, 1.165) is 10.8 Å². The molecule has 1 rings (SSSR count). The number of anilines is 1. The fourth-order valence-electron chi connectivity index (χ4n) is 0.838. The van der Waals surface area contributed by atoms with Crippen LogP contribution in [0.4, 0.5) is 5.95 Å². The first-order chi connectivity index (χ1) is 6.76. The van der Waals surface area contributed by atoms with Crippen LogP contribution in [0.3, 0.4) is 0 Å². The number of nitrogen functional groups attached to an aromatic ring is 1. The number of nitrogens with two attached hydrogens (primary N) is 1. The lowest BCUT2D eigenvalue weighted by atomic mass is 10.2. The van der Waals surface area contributed by atoms with Gasteiger partial charge >= 0.3 is 0 Å². The van der Waals surface area contributed by atoms with Crippen molar-refractivity contribution < 1.29 is 0 Å². The van der Waals surface area contributed by atoms with Crippen molar-refractivity contribution in [2.75, 3.05) is 11.2 Å². The largest absolute Gasteiger partial charge is 0.292 e. The van der Waals surface area contributed by atoms with Crippen LogP contribution in [-0.2, 0) is 0 Å². The normalized spacial score (nSPS) is 12.5. The summed E-state index contributed by atoms with van der Waals surface area (Å²) in [6, 6.07) is 1.90. The first-order valence-electron chi connectivity index (χ1n) is 4.68. The van der Waals surface area contributed by atoms with E-state index in [4.69, 9.17) is 5.84 Å². The maximum Gasteiger partial charge on any atom is 0.238 e. The molecule has 1 unspecified atom stereocenters. The van der Waals surface area contributed by atoms with E-state index in [-0.39, 0.29) is 0 Å². The summed E-state index contributed by atoms with van der Waals surface area (Å²) >= 11 is 1.74. The van der Waals surface area contributed by atoms with Crippen molar-refractivity contribution in [2.45, 2.75) is 25.3 Å². The van der Waals surface area contributed by atoms with Gasteiger partial charge in [0.15, 0.2) is 0 Å². The topological polar surface area (TPSA) is 63.8 Å². The van der Waals surface area contributed by atoms with E-state index < -0.39 is 0 Å². The zero-order valence-electron chi connectivity index (χ0n) is 8.53. The standard InChI is InChI=1S/C9H16N4S/c1-3-7(2)6-14-8-4-5-11-9(12-8)13-10/h4-5,7H,3,6,10H2,1-2H3,(H,11,12,13). The van der Waals surface area contributed by atoms with Gasteiger partial charge in [-0.05, 0) is 12.0 Å². The van der Waals surface area contributed by atoms with Crippen molar-refractivity contribution in [1.29, 1.82) is 0 Å². The molecule has 0 aliphatic carbocycles. The second-order valence-electron chi connectivity index (χ2n) is 3.19. The Kier molecular flexibility index (Phi) is 4.69. The van der Waals surface area contributed by atoms with Gasteiger partial charge in [-0.3, -0.25) is 5.43 Å². The van der Waals surface area contributed by atoms with Crippen LogP contribution in [0.25, 0.3) is 0 Å². The molecule has 0 aliphatic heterocycles. The predicted molar refractivity (Wildman–Crippen MR) is 60.0 cm³/mol. The number of aromatic nitrogens is 2. The lowest BCUT2D eigenvalue weighted by Gasteiger charge is -2.07. The van der Waals surface area contributed by atoms with E-state index in [1.807, 2.05) is 6.07 Å². The Morgan fingerprint density at radius 2 is 2.43 bits per heavy atom. The van der Waals surface area contributed by atoms with Gasteiger partial charge in [-0.15, -0.1) is 11.8 Å². The average Bonchev–Trinajstić information content (AvgIpc) is 2.26. The fraction of sp³-hybridized carbons (Fsp3) is 0.556. The van der Waals surface area contributed by atoms with Crippen LogP contribution in [-0.4, -0.2) is 15.7 Å². The summed E-state index contributed by atoms with van der Waals surface area (Å²) in [4.78, 5) is 8.16. The number of hydrogen-bond donors (Lipinski definition) is 2. The molecule has 3 N–H and O–H groups in total. The quantitative estimate of drug-likeness (QED) is 0.338. The second-order valence-corrected chi connectivity index (χ2v) is 4.23. The minimum atomic E-state index is 0.471. The van der Waals surface area contributed by atoms with Crippen LogP contribution in [0.5, 0.6) is 0 Å². The van der Waals surface area contributed by atoms with Crippen molar-refractivity contribution in [1.82, 2.24) is 9.97 Å². The van der Waals surface area contributed by atoms with Gasteiger partial charge in [0.05, 0.1) is 0 Å². The van der Waals surface area contributed by atoms with Gasteiger partial charge in [0, 0.05) is 11.9 Å². The summed E-state index contributed by atoms with van der Waals surface area (Å²) < 4.78 is 0. The van der Waals surface area contributed by atoms with Gasteiger partial charge in [0.25, 0.3) is 0 Å². The predicted octanol–water partition coefficient (Wildman–Crippen LogP) is 1.90. The van der Waals surface area contributed by atoms with Gasteiger partial charge in [-0.25, -0.2) is 15.8 Å². The first-order valence-corrected chi connectivity index (χ1v) is 5.67. The van der Waals surface area contributed by atoms with Gasteiger partial charge in [-0.2, -0.15) is 0 Å². The zero-order chi connectivity index (χ0) is 10.4. The Labute approximate surface area is 88.7 Å². The SMILES string of the molecule is CCC(C)CSc1ccnc(NN)n1. The monoisotopic (exact) mass is 212 g/mol. The van der Waals surface area contributed by atoms with Crippen molar-refractivity contribution in [3.63, 3.8) is 0 Å². The molecule has 1 aromatic rings. The van der Waals surface area contributed by atoms with Crippen molar-refractivity contribution >= 4 is 17.7 Å². The molecule has 4 nitrogen and oxygen atoms in total. The number of rotatable bonds is 5. The van der Waals surface area contributed by atoms with Gasteiger partial charge in [0.1, 0.15) is 5.03 Å². The molecule has 0 bridgehead atoms. The van der Waals surface area contributed by atoms with Crippen molar-refractivity contribution in [3.8, 4) is 0 Å². The molecule has 0 saturated carbocycles. The number of hydrazine groups is 1. The summed E-state index contributed by atoms with van der Waals surface area (Å²) in [6.45, 7) is 4.42.